The molecule has 3 aromatic rings. The van der Waals surface area contributed by atoms with Gasteiger partial charge in [0.05, 0.1) is 20.0 Å². The molecule has 0 radical (unpaired) electrons. The zero-order valence-electron chi connectivity index (χ0n) is 16.8. The number of aromatic nitrogens is 2. The molecule has 1 aromatic heterocycles. The molecule has 2 aromatic carbocycles. The van der Waals surface area contributed by atoms with Crippen LogP contribution in [0.1, 0.15) is 11.1 Å². The third-order valence-electron chi connectivity index (χ3n) is 4.35. The Hall–Kier alpha value is -3.48. The van der Waals surface area contributed by atoms with Crippen LogP contribution >= 0.6 is 0 Å². The predicted octanol–water partition coefficient (Wildman–Crippen LogP) is 2.68. The molecule has 2 N–H and O–H groups in total. The molecule has 1 heterocycles. The summed E-state index contributed by atoms with van der Waals surface area (Å²) in [6.07, 6.45) is 5.58. The fraction of sp³-hybridized carbons (Fsp3) is 0.273. The molecule has 7 heteroatoms. The van der Waals surface area contributed by atoms with Gasteiger partial charge in [0, 0.05) is 32.5 Å². The van der Waals surface area contributed by atoms with E-state index in [1.165, 1.54) is 11.1 Å². The van der Waals surface area contributed by atoms with Crippen molar-refractivity contribution in [1.29, 1.82) is 0 Å². The topological polar surface area (TPSA) is 72.7 Å². The molecule has 0 bridgehead atoms. The van der Waals surface area contributed by atoms with E-state index in [2.05, 4.69) is 44.9 Å². The van der Waals surface area contributed by atoms with Crippen molar-refractivity contribution in [3.8, 4) is 11.5 Å². The highest BCUT2D eigenvalue weighted by Crippen LogP contribution is 2.16. The van der Waals surface area contributed by atoms with Gasteiger partial charge in [-0.05, 0) is 35.4 Å². The van der Waals surface area contributed by atoms with Gasteiger partial charge in [0.1, 0.15) is 18.1 Å². The van der Waals surface area contributed by atoms with E-state index < -0.39 is 0 Å². The monoisotopic (exact) mass is 393 g/mol. The summed E-state index contributed by atoms with van der Waals surface area (Å²) in [6.45, 7) is 2.71. The minimum absolute atomic E-state index is 0.538. The number of nitrogens with zero attached hydrogens (tertiary/aromatic N) is 3. The maximum Gasteiger partial charge on any atom is 0.191 e. The van der Waals surface area contributed by atoms with Crippen molar-refractivity contribution in [1.82, 2.24) is 20.2 Å². The maximum atomic E-state index is 5.71. The van der Waals surface area contributed by atoms with Crippen molar-refractivity contribution in [2.24, 2.45) is 4.99 Å². The Bertz CT molecular complexity index is 875. The van der Waals surface area contributed by atoms with E-state index in [1.807, 2.05) is 41.4 Å². The zero-order chi connectivity index (χ0) is 20.3. The number of rotatable bonds is 9. The van der Waals surface area contributed by atoms with Gasteiger partial charge >= 0.3 is 0 Å². The fourth-order valence-electron chi connectivity index (χ4n) is 2.77. The Morgan fingerprint density at radius 2 is 1.72 bits per heavy atom. The van der Waals surface area contributed by atoms with E-state index in [9.17, 15) is 0 Å². The first-order valence-corrected chi connectivity index (χ1v) is 9.52. The second-order valence-electron chi connectivity index (χ2n) is 6.43. The summed E-state index contributed by atoms with van der Waals surface area (Å²) in [5.41, 5.74) is 2.43. The van der Waals surface area contributed by atoms with Crippen LogP contribution in [0.25, 0.3) is 0 Å². The van der Waals surface area contributed by atoms with Crippen LogP contribution in [0.3, 0.4) is 0 Å². The van der Waals surface area contributed by atoms with Crippen molar-refractivity contribution >= 4 is 5.96 Å². The van der Waals surface area contributed by atoms with Gasteiger partial charge in [-0.1, -0.05) is 24.3 Å². The largest absolute Gasteiger partial charge is 0.497 e. The van der Waals surface area contributed by atoms with Crippen LogP contribution in [0.2, 0.25) is 0 Å². The average Bonchev–Trinajstić information content (AvgIpc) is 3.28. The first-order chi connectivity index (χ1) is 14.3. The molecule has 0 amide bonds. The van der Waals surface area contributed by atoms with Crippen LogP contribution in [0.5, 0.6) is 11.5 Å². The number of hydrogen-bond acceptors (Lipinski definition) is 4. The predicted molar refractivity (Wildman–Crippen MR) is 114 cm³/mol. The molecule has 0 saturated heterocycles. The lowest BCUT2D eigenvalue weighted by Crippen LogP contribution is -2.38. The number of hydrogen-bond donors (Lipinski definition) is 2. The summed E-state index contributed by atoms with van der Waals surface area (Å²) in [5, 5.41) is 6.57. The van der Waals surface area contributed by atoms with Crippen molar-refractivity contribution in [3.63, 3.8) is 0 Å². The molecule has 152 valence electrons. The Labute approximate surface area is 171 Å². The lowest BCUT2D eigenvalue weighted by molar-refractivity contribution is 0.321. The second-order valence-corrected chi connectivity index (χ2v) is 6.43. The Morgan fingerprint density at radius 1 is 1.00 bits per heavy atom. The van der Waals surface area contributed by atoms with Crippen molar-refractivity contribution in [2.75, 3.05) is 27.3 Å². The number of guanidine groups is 1. The first-order valence-electron chi connectivity index (χ1n) is 9.52. The summed E-state index contributed by atoms with van der Waals surface area (Å²) in [7, 11) is 3.40. The summed E-state index contributed by atoms with van der Waals surface area (Å²) >= 11 is 0. The Kier molecular flexibility index (Phi) is 7.51. The van der Waals surface area contributed by atoms with E-state index in [-0.39, 0.29) is 0 Å². The van der Waals surface area contributed by atoms with Crippen LogP contribution in [0.4, 0.5) is 0 Å². The first kappa shape index (κ1) is 20.3. The number of imidazole rings is 1. The van der Waals surface area contributed by atoms with Crippen LogP contribution < -0.4 is 20.1 Å². The summed E-state index contributed by atoms with van der Waals surface area (Å²) in [6, 6.07) is 16.1. The minimum Gasteiger partial charge on any atom is -0.497 e. The Balaban J connectivity index is 1.37. The molecule has 3 rings (SSSR count). The van der Waals surface area contributed by atoms with Gasteiger partial charge < -0.3 is 24.7 Å². The van der Waals surface area contributed by atoms with Gasteiger partial charge in [0.15, 0.2) is 5.96 Å². The van der Waals surface area contributed by atoms with Crippen LogP contribution in [-0.2, 0) is 13.1 Å². The summed E-state index contributed by atoms with van der Waals surface area (Å²) in [5.74, 6) is 2.37. The minimum atomic E-state index is 0.538. The van der Waals surface area contributed by atoms with Crippen LogP contribution in [-0.4, -0.2) is 42.8 Å². The van der Waals surface area contributed by atoms with Gasteiger partial charge in [-0.25, -0.2) is 4.98 Å². The van der Waals surface area contributed by atoms with Crippen molar-refractivity contribution < 1.29 is 9.47 Å². The van der Waals surface area contributed by atoms with Gasteiger partial charge in [-0.15, -0.1) is 0 Å². The van der Waals surface area contributed by atoms with Crippen LogP contribution in [0, 0.1) is 0 Å². The number of methoxy groups -OCH3 is 1. The van der Waals surface area contributed by atoms with Crippen molar-refractivity contribution in [2.45, 2.75) is 13.1 Å². The van der Waals surface area contributed by atoms with E-state index >= 15 is 0 Å². The molecule has 7 nitrogen and oxygen atoms in total. The quantitative estimate of drug-likeness (QED) is 0.332. The summed E-state index contributed by atoms with van der Waals surface area (Å²) in [4.78, 5) is 8.32. The lowest BCUT2D eigenvalue weighted by atomic mass is 10.1. The van der Waals surface area contributed by atoms with Crippen molar-refractivity contribution in [3.05, 3.63) is 78.4 Å². The van der Waals surface area contributed by atoms with E-state index in [0.717, 1.165) is 24.0 Å². The van der Waals surface area contributed by atoms with E-state index in [0.29, 0.717) is 19.7 Å². The molecule has 29 heavy (non-hydrogen) atoms. The van der Waals surface area contributed by atoms with Gasteiger partial charge in [-0.3, -0.25) is 4.99 Å². The van der Waals surface area contributed by atoms with Gasteiger partial charge in [-0.2, -0.15) is 0 Å². The van der Waals surface area contributed by atoms with E-state index in [1.54, 1.807) is 20.4 Å². The molecule has 0 aliphatic rings. The fourth-order valence-corrected chi connectivity index (χ4v) is 2.77. The summed E-state index contributed by atoms with van der Waals surface area (Å²) < 4.78 is 12.9. The number of aliphatic imine (C=N–C) groups is 1. The molecule has 0 aliphatic heterocycles. The van der Waals surface area contributed by atoms with Gasteiger partial charge in [0.25, 0.3) is 0 Å². The smallest absolute Gasteiger partial charge is 0.191 e. The third kappa shape index (κ3) is 6.57. The third-order valence-corrected chi connectivity index (χ3v) is 4.35. The number of ether oxygens (including phenoxy) is 2. The normalized spacial score (nSPS) is 11.2. The van der Waals surface area contributed by atoms with E-state index in [4.69, 9.17) is 9.47 Å². The molecular formula is C22H27N5O2. The molecule has 0 saturated carbocycles. The molecule has 0 unspecified atom stereocenters. The molecule has 0 fully saturated rings. The SMILES string of the molecule is CN=C(NCCOc1ccc(OC)cc1)NCc1ccc(Cn2ccnc2)cc1. The molecular weight excluding hydrogens is 366 g/mol. The molecule has 0 atom stereocenters. The van der Waals surface area contributed by atoms with Crippen LogP contribution in [0.15, 0.2) is 72.2 Å². The molecule has 0 spiro atoms. The van der Waals surface area contributed by atoms with Gasteiger partial charge in [0.2, 0.25) is 0 Å². The second kappa shape index (κ2) is 10.8. The maximum absolute atomic E-state index is 5.71. The molecule has 0 aliphatic carbocycles. The average molecular weight is 393 g/mol. The highest BCUT2D eigenvalue weighted by atomic mass is 16.5. The Morgan fingerprint density at radius 3 is 2.38 bits per heavy atom. The number of benzene rings is 2. The standard InChI is InChI=1S/C22H27N5O2/c1-23-22(25-12-14-29-21-9-7-20(28-2)8-10-21)26-15-18-3-5-19(6-4-18)16-27-13-11-24-17-27/h3-11,13,17H,12,14-16H2,1-2H3,(H2,23,25,26). The number of nitrogens with one attached hydrogen (secondary N) is 2. The zero-order valence-corrected chi connectivity index (χ0v) is 16.8. The lowest BCUT2D eigenvalue weighted by Gasteiger charge is -2.13. The highest BCUT2D eigenvalue weighted by molar-refractivity contribution is 5.79. The highest BCUT2D eigenvalue weighted by Gasteiger charge is 2.01.